The molecule has 0 heterocycles. The quantitative estimate of drug-likeness (QED) is 0.495. The Morgan fingerprint density at radius 1 is 1.29 bits per heavy atom. The van der Waals surface area contributed by atoms with Crippen LogP contribution in [0.1, 0.15) is 20.3 Å². The molecular weight excluding hydrogens is 186 g/mol. The highest BCUT2D eigenvalue weighted by atomic mass is 16.5. The predicted octanol–water partition coefficient (Wildman–Crippen LogP) is -0.220. The molecule has 0 radical (unpaired) electrons. The van der Waals surface area contributed by atoms with Gasteiger partial charge in [-0.05, 0) is 13.3 Å². The molecule has 5 nitrogen and oxygen atoms in total. The summed E-state index contributed by atoms with van der Waals surface area (Å²) in [6, 6.07) is 0. The number of hydrogen-bond acceptors (Lipinski definition) is 4. The van der Waals surface area contributed by atoms with Gasteiger partial charge in [0.15, 0.2) is 0 Å². The fourth-order valence-corrected chi connectivity index (χ4v) is 1.03. The van der Waals surface area contributed by atoms with E-state index in [4.69, 9.17) is 5.11 Å². The standard InChI is InChI=1S/C9H17NO4/c1-3-5-10(6-7-11)8(12)9(13)14-4-2/h11H,3-7H2,1-2H3. The molecule has 0 aromatic heterocycles. The van der Waals surface area contributed by atoms with Crippen LogP contribution in [0.4, 0.5) is 0 Å². The fraction of sp³-hybridized carbons (Fsp3) is 0.778. The SMILES string of the molecule is CCCN(CCO)C(=O)C(=O)OCC. The molecule has 0 unspecified atom stereocenters. The van der Waals surface area contributed by atoms with Crippen molar-refractivity contribution in [2.45, 2.75) is 20.3 Å². The Morgan fingerprint density at radius 3 is 2.36 bits per heavy atom. The van der Waals surface area contributed by atoms with E-state index in [1.54, 1.807) is 6.92 Å². The summed E-state index contributed by atoms with van der Waals surface area (Å²) in [7, 11) is 0. The molecule has 0 rings (SSSR count). The molecule has 0 aliphatic carbocycles. The number of carbonyl (C=O) groups is 2. The number of amides is 1. The average molecular weight is 203 g/mol. The van der Waals surface area contributed by atoms with Crippen molar-refractivity contribution in [2.24, 2.45) is 0 Å². The van der Waals surface area contributed by atoms with Gasteiger partial charge in [0.25, 0.3) is 0 Å². The summed E-state index contributed by atoms with van der Waals surface area (Å²) >= 11 is 0. The number of aliphatic hydroxyl groups is 1. The van der Waals surface area contributed by atoms with E-state index in [2.05, 4.69) is 4.74 Å². The molecule has 0 fully saturated rings. The molecule has 5 heteroatoms. The molecule has 0 bridgehead atoms. The Hall–Kier alpha value is -1.10. The maximum absolute atomic E-state index is 11.4. The largest absolute Gasteiger partial charge is 0.459 e. The smallest absolute Gasteiger partial charge is 0.397 e. The first-order valence-corrected chi connectivity index (χ1v) is 4.74. The number of carbonyl (C=O) groups excluding carboxylic acids is 2. The molecule has 82 valence electrons. The molecule has 0 aliphatic rings. The highest BCUT2D eigenvalue weighted by molar-refractivity contribution is 6.32. The zero-order valence-corrected chi connectivity index (χ0v) is 8.65. The van der Waals surface area contributed by atoms with Crippen LogP contribution < -0.4 is 0 Å². The number of ether oxygens (including phenoxy) is 1. The van der Waals surface area contributed by atoms with Gasteiger partial charge in [0.1, 0.15) is 0 Å². The van der Waals surface area contributed by atoms with Crippen molar-refractivity contribution < 1.29 is 19.4 Å². The van der Waals surface area contributed by atoms with E-state index >= 15 is 0 Å². The molecule has 1 N–H and O–H groups in total. The van der Waals surface area contributed by atoms with Crippen LogP contribution in [-0.4, -0.2) is 48.2 Å². The Bertz CT molecular complexity index is 187. The van der Waals surface area contributed by atoms with Gasteiger partial charge in [-0.1, -0.05) is 6.92 Å². The Labute approximate surface area is 83.6 Å². The second-order valence-electron chi connectivity index (χ2n) is 2.74. The molecule has 0 saturated carbocycles. The molecular formula is C9H17NO4. The maximum Gasteiger partial charge on any atom is 0.397 e. The van der Waals surface area contributed by atoms with Crippen LogP contribution in [0.2, 0.25) is 0 Å². The van der Waals surface area contributed by atoms with Gasteiger partial charge in [0, 0.05) is 13.1 Å². The van der Waals surface area contributed by atoms with E-state index in [0.717, 1.165) is 6.42 Å². The Kier molecular flexibility index (Phi) is 6.74. The third kappa shape index (κ3) is 4.23. The van der Waals surface area contributed by atoms with Crippen molar-refractivity contribution in [3.8, 4) is 0 Å². The van der Waals surface area contributed by atoms with Crippen LogP contribution in [0, 0.1) is 0 Å². The van der Waals surface area contributed by atoms with E-state index in [1.165, 1.54) is 4.90 Å². The summed E-state index contributed by atoms with van der Waals surface area (Å²) in [5.74, 6) is -1.53. The topological polar surface area (TPSA) is 66.8 Å². The lowest BCUT2D eigenvalue weighted by molar-refractivity contribution is -0.160. The number of nitrogens with zero attached hydrogens (tertiary/aromatic N) is 1. The molecule has 0 atom stereocenters. The molecule has 0 aromatic rings. The molecule has 0 aliphatic heterocycles. The van der Waals surface area contributed by atoms with Crippen LogP contribution in [-0.2, 0) is 14.3 Å². The van der Waals surface area contributed by atoms with Gasteiger partial charge >= 0.3 is 11.9 Å². The lowest BCUT2D eigenvalue weighted by Gasteiger charge is -2.19. The van der Waals surface area contributed by atoms with Crippen molar-refractivity contribution in [1.82, 2.24) is 4.90 Å². The van der Waals surface area contributed by atoms with Gasteiger partial charge in [-0.15, -0.1) is 0 Å². The number of hydrogen-bond donors (Lipinski definition) is 1. The summed E-state index contributed by atoms with van der Waals surface area (Å²) in [4.78, 5) is 23.7. The summed E-state index contributed by atoms with van der Waals surface area (Å²) in [6.45, 7) is 4.20. The first-order valence-electron chi connectivity index (χ1n) is 4.74. The zero-order valence-electron chi connectivity index (χ0n) is 8.65. The Morgan fingerprint density at radius 2 is 1.93 bits per heavy atom. The molecule has 0 spiro atoms. The van der Waals surface area contributed by atoms with E-state index in [1.807, 2.05) is 6.92 Å². The van der Waals surface area contributed by atoms with Gasteiger partial charge < -0.3 is 14.7 Å². The van der Waals surface area contributed by atoms with Crippen molar-refractivity contribution in [3.63, 3.8) is 0 Å². The molecule has 0 aromatic carbocycles. The van der Waals surface area contributed by atoms with Crippen LogP contribution >= 0.6 is 0 Å². The second-order valence-corrected chi connectivity index (χ2v) is 2.74. The van der Waals surface area contributed by atoms with Gasteiger partial charge in [0.2, 0.25) is 0 Å². The third-order valence-electron chi connectivity index (χ3n) is 1.60. The van der Waals surface area contributed by atoms with E-state index in [-0.39, 0.29) is 19.8 Å². The van der Waals surface area contributed by atoms with Gasteiger partial charge in [-0.25, -0.2) is 4.79 Å². The summed E-state index contributed by atoms with van der Waals surface area (Å²) in [6.07, 6.45) is 0.741. The lowest BCUT2D eigenvalue weighted by Crippen LogP contribution is -2.39. The van der Waals surface area contributed by atoms with Crippen LogP contribution in [0.25, 0.3) is 0 Å². The highest BCUT2D eigenvalue weighted by Crippen LogP contribution is 1.94. The van der Waals surface area contributed by atoms with Gasteiger partial charge in [0.05, 0.1) is 13.2 Å². The van der Waals surface area contributed by atoms with E-state index < -0.39 is 11.9 Å². The number of rotatable bonds is 5. The highest BCUT2D eigenvalue weighted by Gasteiger charge is 2.21. The number of esters is 1. The summed E-state index contributed by atoms with van der Waals surface area (Å²) in [5, 5.41) is 8.68. The second kappa shape index (κ2) is 7.32. The van der Waals surface area contributed by atoms with Gasteiger partial charge in [-0.2, -0.15) is 0 Å². The predicted molar refractivity (Wildman–Crippen MR) is 50.6 cm³/mol. The summed E-state index contributed by atoms with van der Waals surface area (Å²) < 4.78 is 4.57. The van der Waals surface area contributed by atoms with E-state index in [9.17, 15) is 9.59 Å². The summed E-state index contributed by atoms with van der Waals surface area (Å²) in [5.41, 5.74) is 0. The van der Waals surface area contributed by atoms with E-state index in [0.29, 0.717) is 6.54 Å². The Balaban J connectivity index is 4.19. The fourth-order valence-electron chi connectivity index (χ4n) is 1.03. The number of aliphatic hydroxyl groups excluding tert-OH is 1. The third-order valence-corrected chi connectivity index (χ3v) is 1.60. The average Bonchev–Trinajstić information content (AvgIpc) is 2.17. The molecule has 1 amide bonds. The maximum atomic E-state index is 11.4. The minimum absolute atomic E-state index is 0.148. The molecule has 0 saturated heterocycles. The first kappa shape index (κ1) is 12.9. The lowest BCUT2D eigenvalue weighted by atomic mass is 10.4. The van der Waals surface area contributed by atoms with Crippen LogP contribution in [0.3, 0.4) is 0 Å². The van der Waals surface area contributed by atoms with Crippen molar-refractivity contribution in [3.05, 3.63) is 0 Å². The van der Waals surface area contributed by atoms with Crippen molar-refractivity contribution in [1.29, 1.82) is 0 Å². The van der Waals surface area contributed by atoms with Crippen molar-refractivity contribution >= 4 is 11.9 Å². The normalized spacial score (nSPS) is 9.64. The van der Waals surface area contributed by atoms with Crippen molar-refractivity contribution in [2.75, 3.05) is 26.3 Å². The zero-order chi connectivity index (χ0) is 11.0. The molecule has 14 heavy (non-hydrogen) atoms. The minimum Gasteiger partial charge on any atom is -0.459 e. The van der Waals surface area contributed by atoms with Crippen LogP contribution in [0.5, 0.6) is 0 Å². The minimum atomic E-state index is -0.852. The first-order chi connectivity index (χ1) is 6.67. The van der Waals surface area contributed by atoms with Gasteiger partial charge in [-0.3, -0.25) is 4.79 Å². The monoisotopic (exact) mass is 203 g/mol. The van der Waals surface area contributed by atoms with Crippen LogP contribution in [0.15, 0.2) is 0 Å².